The van der Waals surface area contributed by atoms with Gasteiger partial charge in [0.05, 0.1) is 0 Å². The van der Waals surface area contributed by atoms with Crippen LogP contribution in [0.15, 0.2) is 0 Å². The van der Waals surface area contributed by atoms with E-state index < -0.39 is 0 Å². The lowest BCUT2D eigenvalue weighted by Gasteiger charge is -2.63. The van der Waals surface area contributed by atoms with Gasteiger partial charge in [-0.15, -0.1) is 18.5 Å². The van der Waals surface area contributed by atoms with Crippen LogP contribution in [-0.2, 0) is 0 Å². The summed E-state index contributed by atoms with van der Waals surface area (Å²) in [4.78, 5) is 3.06. The second kappa shape index (κ2) is 2.66. The molecule has 1 aliphatic heterocycles. The van der Waals surface area contributed by atoms with Gasteiger partial charge in [-0.25, -0.2) is 0 Å². The van der Waals surface area contributed by atoms with Crippen LogP contribution in [0.2, 0.25) is 0 Å². The van der Waals surface area contributed by atoms with Crippen LogP contribution in [0.5, 0.6) is 0 Å². The lowest BCUT2D eigenvalue weighted by molar-refractivity contribution is -0.0784. The lowest BCUT2D eigenvalue weighted by atomic mass is 9.62. The molecule has 0 aromatic heterocycles. The van der Waals surface area contributed by atoms with E-state index in [4.69, 9.17) is 0 Å². The predicted molar refractivity (Wildman–Crippen MR) is 60.5 cm³/mol. The van der Waals surface area contributed by atoms with Crippen LogP contribution >= 0.6 is 18.5 Å². The second-order valence-corrected chi connectivity index (χ2v) is 8.05. The van der Waals surface area contributed by atoms with Crippen molar-refractivity contribution in [2.75, 3.05) is 13.1 Å². The van der Waals surface area contributed by atoms with E-state index in [2.05, 4.69) is 37.2 Å². The Labute approximate surface area is 80.1 Å². The Morgan fingerprint density at radius 2 is 1.67 bits per heavy atom. The van der Waals surface area contributed by atoms with Gasteiger partial charge < -0.3 is 0 Å². The monoisotopic (exact) mass is 203 g/mol. The van der Waals surface area contributed by atoms with Crippen molar-refractivity contribution in [1.29, 1.82) is 0 Å². The van der Waals surface area contributed by atoms with Crippen molar-refractivity contribution in [2.45, 2.75) is 37.6 Å². The van der Waals surface area contributed by atoms with Crippen LogP contribution in [-0.4, -0.2) is 28.9 Å². The zero-order chi connectivity index (χ0) is 8.98. The van der Waals surface area contributed by atoms with E-state index in [9.17, 15) is 0 Å². The van der Waals surface area contributed by atoms with Crippen LogP contribution in [0.4, 0.5) is 0 Å². The standard InChI is InChI=1S/C9H19NP2/c1-7(2)10-5-8(6-10)3-9(11,12)4-8/h7H,3-6,11-12H2,1-2H3. The van der Waals surface area contributed by atoms with Gasteiger partial charge in [0.2, 0.25) is 0 Å². The minimum atomic E-state index is 0.489. The first-order valence-corrected chi connectivity index (χ1v) is 5.90. The van der Waals surface area contributed by atoms with E-state index in [-0.39, 0.29) is 0 Å². The maximum Gasteiger partial charge on any atom is 0.00541 e. The molecular formula is C9H19NP2. The van der Waals surface area contributed by atoms with Gasteiger partial charge in [0, 0.05) is 24.0 Å². The lowest BCUT2D eigenvalue weighted by Crippen LogP contribution is -2.66. The Bertz CT molecular complexity index is 185. The molecule has 0 amide bonds. The van der Waals surface area contributed by atoms with E-state index in [0.29, 0.717) is 10.3 Å². The van der Waals surface area contributed by atoms with E-state index in [1.54, 1.807) is 0 Å². The van der Waals surface area contributed by atoms with E-state index in [1.165, 1.54) is 25.9 Å². The summed E-state index contributed by atoms with van der Waals surface area (Å²) in [6.45, 7) is 7.27. The average molecular weight is 203 g/mol. The van der Waals surface area contributed by atoms with Crippen molar-refractivity contribution in [2.24, 2.45) is 5.41 Å². The molecule has 2 unspecified atom stereocenters. The molecular weight excluding hydrogens is 184 g/mol. The molecule has 0 bridgehead atoms. The number of hydrogen-bond donors (Lipinski definition) is 0. The quantitative estimate of drug-likeness (QED) is 0.589. The maximum absolute atomic E-state index is 2.96. The Hall–Kier alpha value is 0.820. The highest BCUT2D eigenvalue weighted by atomic mass is 31.1. The topological polar surface area (TPSA) is 3.24 Å². The maximum atomic E-state index is 2.96. The van der Waals surface area contributed by atoms with Crippen LogP contribution in [0.1, 0.15) is 26.7 Å². The van der Waals surface area contributed by atoms with Crippen molar-refractivity contribution >= 4 is 18.5 Å². The molecule has 2 fully saturated rings. The number of rotatable bonds is 1. The number of nitrogens with zero attached hydrogens (tertiary/aromatic N) is 1. The molecule has 1 saturated carbocycles. The average Bonchev–Trinajstić information content (AvgIpc) is 1.75. The largest absolute Gasteiger partial charge is 0.300 e. The molecule has 1 heterocycles. The highest BCUT2D eigenvalue weighted by molar-refractivity contribution is 7.40. The summed E-state index contributed by atoms with van der Waals surface area (Å²) in [6.07, 6.45) is 2.77. The van der Waals surface area contributed by atoms with E-state index in [0.717, 1.165) is 6.04 Å². The molecule has 1 spiro atoms. The predicted octanol–water partition coefficient (Wildman–Crippen LogP) is 1.94. The molecule has 1 aliphatic carbocycles. The minimum Gasteiger partial charge on any atom is -0.300 e. The first-order valence-electron chi connectivity index (χ1n) is 4.74. The van der Waals surface area contributed by atoms with Crippen LogP contribution in [0.3, 0.4) is 0 Å². The fourth-order valence-electron chi connectivity index (χ4n) is 2.75. The third-order valence-corrected chi connectivity index (χ3v) is 4.03. The fraction of sp³-hybridized carbons (Fsp3) is 1.00. The van der Waals surface area contributed by atoms with Crippen LogP contribution < -0.4 is 0 Å². The number of likely N-dealkylation sites (tertiary alicyclic amines) is 1. The molecule has 1 saturated heterocycles. The molecule has 3 heteroatoms. The van der Waals surface area contributed by atoms with Gasteiger partial charge in [0.25, 0.3) is 0 Å². The molecule has 2 aliphatic rings. The van der Waals surface area contributed by atoms with Crippen molar-refractivity contribution in [1.82, 2.24) is 4.90 Å². The number of hydrogen-bond acceptors (Lipinski definition) is 1. The van der Waals surface area contributed by atoms with E-state index in [1.807, 2.05) is 0 Å². The minimum absolute atomic E-state index is 0.489. The molecule has 0 radical (unpaired) electrons. The smallest absolute Gasteiger partial charge is 0.00541 e. The summed E-state index contributed by atoms with van der Waals surface area (Å²) in [5, 5.41) is 0. The summed E-state index contributed by atoms with van der Waals surface area (Å²) in [5.74, 6) is 0. The normalized spacial score (nSPS) is 31.8. The Morgan fingerprint density at radius 1 is 1.17 bits per heavy atom. The molecule has 2 rings (SSSR count). The Morgan fingerprint density at radius 3 is 2.00 bits per heavy atom. The highest BCUT2D eigenvalue weighted by Gasteiger charge is 2.56. The second-order valence-electron chi connectivity index (χ2n) is 5.09. The molecule has 0 N–H and O–H groups in total. The van der Waals surface area contributed by atoms with Crippen LogP contribution in [0, 0.1) is 5.41 Å². The van der Waals surface area contributed by atoms with Gasteiger partial charge >= 0.3 is 0 Å². The summed E-state index contributed by atoms with van der Waals surface area (Å²) in [5.41, 5.74) is 0.716. The summed E-state index contributed by atoms with van der Waals surface area (Å²) in [7, 11) is 5.93. The third kappa shape index (κ3) is 1.45. The molecule has 1 nitrogen and oxygen atoms in total. The van der Waals surface area contributed by atoms with E-state index >= 15 is 0 Å². The molecule has 12 heavy (non-hydrogen) atoms. The van der Waals surface area contributed by atoms with Gasteiger partial charge in [0.15, 0.2) is 0 Å². The first kappa shape index (κ1) is 9.38. The fourth-order valence-corrected chi connectivity index (χ4v) is 4.48. The Balaban J connectivity index is 1.83. The molecule has 2 atom stereocenters. The molecule has 0 aromatic carbocycles. The van der Waals surface area contributed by atoms with Gasteiger partial charge in [-0.1, -0.05) is 0 Å². The summed E-state index contributed by atoms with van der Waals surface area (Å²) < 4.78 is 0. The zero-order valence-electron chi connectivity index (χ0n) is 8.01. The van der Waals surface area contributed by atoms with Gasteiger partial charge in [-0.05, 0) is 32.1 Å². The zero-order valence-corrected chi connectivity index (χ0v) is 10.3. The summed E-state index contributed by atoms with van der Waals surface area (Å²) in [6, 6.07) is 0.750. The first-order chi connectivity index (χ1) is 5.43. The van der Waals surface area contributed by atoms with Crippen molar-refractivity contribution in [3.63, 3.8) is 0 Å². The van der Waals surface area contributed by atoms with Gasteiger partial charge in [0.1, 0.15) is 0 Å². The molecule has 70 valence electrons. The van der Waals surface area contributed by atoms with Gasteiger partial charge in [-0.2, -0.15) is 0 Å². The Kier molecular flexibility index (Phi) is 2.08. The molecule has 0 aromatic rings. The van der Waals surface area contributed by atoms with Gasteiger partial charge in [-0.3, -0.25) is 4.90 Å². The highest BCUT2D eigenvalue weighted by Crippen LogP contribution is 2.61. The SMILES string of the molecule is CC(C)N1CC2(C1)CC(P)(P)C2. The summed E-state index contributed by atoms with van der Waals surface area (Å²) >= 11 is 0. The van der Waals surface area contributed by atoms with Crippen molar-refractivity contribution < 1.29 is 0 Å². The van der Waals surface area contributed by atoms with Crippen molar-refractivity contribution in [3.05, 3.63) is 0 Å². The van der Waals surface area contributed by atoms with Crippen molar-refractivity contribution in [3.8, 4) is 0 Å². The third-order valence-electron chi connectivity index (χ3n) is 3.22. The van der Waals surface area contributed by atoms with Crippen LogP contribution in [0.25, 0.3) is 0 Å².